The third kappa shape index (κ3) is 6.87. The number of carbonyl (C=O) groups excluding carboxylic acids is 1. The molecule has 4 aromatic rings. The quantitative estimate of drug-likeness (QED) is 0.210. The number of aliphatic hydroxyl groups is 1. The molecule has 2 fully saturated rings. The van der Waals surface area contributed by atoms with Gasteiger partial charge in [-0.3, -0.25) is 14.5 Å². The fraction of sp³-hybridized carbons (Fsp3) is 0.424. The summed E-state index contributed by atoms with van der Waals surface area (Å²) in [5.41, 5.74) is 3.45. The molecule has 2 aliphatic rings. The summed E-state index contributed by atoms with van der Waals surface area (Å²) in [4.78, 5) is 36.0. The average molecular weight is 618 g/mol. The van der Waals surface area contributed by atoms with Gasteiger partial charge in [-0.25, -0.2) is 4.98 Å². The predicted molar refractivity (Wildman–Crippen MR) is 170 cm³/mol. The number of benzene rings is 2. The highest BCUT2D eigenvalue weighted by Gasteiger charge is 2.41. The van der Waals surface area contributed by atoms with E-state index >= 15 is 0 Å². The summed E-state index contributed by atoms with van der Waals surface area (Å²) in [5.74, 6) is -0.00882. The standard InChI is InChI=1S/C33H39N5O5S/c1-22-35-27(20-44-22)32(42)38-16-17-43-33(21-38)11-14-37(15-12-33)19-24-4-2-23(3-5-24)10-13-34-18-29(40)25-6-8-28(39)31-26(25)7-9-30(41)36-31/h2-9,20,29,34,39-40H,10-19,21H2,1H3,(H,36,41)/t29-/m0/s1. The first-order valence-corrected chi connectivity index (χ1v) is 16.1. The molecular formula is C33H39N5O5S. The van der Waals surface area contributed by atoms with E-state index in [-0.39, 0.29) is 22.8 Å². The van der Waals surface area contributed by atoms with Gasteiger partial charge in [-0.1, -0.05) is 30.3 Å². The van der Waals surface area contributed by atoms with Gasteiger partial charge >= 0.3 is 0 Å². The molecule has 1 atom stereocenters. The number of fused-ring (bicyclic) bond motifs is 1. The number of amides is 1. The van der Waals surface area contributed by atoms with Gasteiger partial charge in [0, 0.05) is 49.6 Å². The molecule has 0 bridgehead atoms. The summed E-state index contributed by atoms with van der Waals surface area (Å²) in [6, 6.07) is 14.9. The minimum absolute atomic E-state index is 0.00974. The smallest absolute Gasteiger partial charge is 0.273 e. The number of pyridine rings is 1. The Bertz CT molecular complexity index is 1660. The first-order chi connectivity index (χ1) is 21.3. The van der Waals surface area contributed by atoms with Gasteiger partial charge in [-0.2, -0.15) is 0 Å². The van der Waals surface area contributed by atoms with Crippen LogP contribution in [0.1, 0.15) is 51.1 Å². The van der Waals surface area contributed by atoms with E-state index in [1.807, 2.05) is 17.2 Å². The molecule has 232 valence electrons. The van der Waals surface area contributed by atoms with E-state index in [1.54, 1.807) is 12.1 Å². The number of aromatic amines is 1. The number of aromatic hydroxyl groups is 1. The zero-order chi connectivity index (χ0) is 30.7. The number of piperidine rings is 1. The van der Waals surface area contributed by atoms with Crippen LogP contribution in [-0.4, -0.2) is 87.4 Å². The molecule has 10 nitrogen and oxygen atoms in total. The van der Waals surface area contributed by atoms with Crippen molar-refractivity contribution in [1.82, 2.24) is 25.1 Å². The number of aryl methyl sites for hydroxylation is 1. The molecule has 44 heavy (non-hydrogen) atoms. The highest BCUT2D eigenvalue weighted by atomic mass is 32.1. The van der Waals surface area contributed by atoms with Gasteiger partial charge in [0.2, 0.25) is 5.56 Å². The van der Waals surface area contributed by atoms with Crippen LogP contribution in [0.3, 0.4) is 0 Å². The summed E-state index contributed by atoms with van der Waals surface area (Å²) in [7, 11) is 0. The van der Waals surface area contributed by atoms with E-state index in [1.165, 1.54) is 34.6 Å². The molecule has 6 rings (SSSR count). The number of aromatic nitrogens is 2. The molecule has 1 spiro atoms. The summed E-state index contributed by atoms with van der Waals surface area (Å²) < 4.78 is 6.27. The Morgan fingerprint density at radius 3 is 2.64 bits per heavy atom. The zero-order valence-electron chi connectivity index (χ0n) is 24.9. The number of H-pyrrole nitrogens is 1. The van der Waals surface area contributed by atoms with Gasteiger partial charge in [0.1, 0.15) is 11.4 Å². The molecule has 4 N–H and O–H groups in total. The number of hydrogen-bond donors (Lipinski definition) is 4. The van der Waals surface area contributed by atoms with Crippen LogP contribution < -0.4 is 10.9 Å². The van der Waals surface area contributed by atoms with Gasteiger partial charge in [0.15, 0.2) is 0 Å². The molecular weight excluding hydrogens is 578 g/mol. The molecule has 0 saturated carbocycles. The van der Waals surface area contributed by atoms with Crippen LogP contribution in [0.4, 0.5) is 0 Å². The van der Waals surface area contributed by atoms with Crippen LogP contribution in [0.5, 0.6) is 5.75 Å². The number of carbonyl (C=O) groups is 1. The maximum absolute atomic E-state index is 13.0. The number of likely N-dealkylation sites (tertiary alicyclic amines) is 1. The van der Waals surface area contributed by atoms with E-state index in [0.29, 0.717) is 54.9 Å². The van der Waals surface area contributed by atoms with E-state index in [9.17, 15) is 19.8 Å². The third-order valence-electron chi connectivity index (χ3n) is 8.76. The Morgan fingerprint density at radius 2 is 1.89 bits per heavy atom. The third-order valence-corrected chi connectivity index (χ3v) is 9.54. The number of phenolic OH excluding ortho intramolecular Hbond substituents is 1. The maximum atomic E-state index is 13.0. The van der Waals surface area contributed by atoms with E-state index in [0.717, 1.165) is 43.9 Å². The molecule has 4 heterocycles. The van der Waals surface area contributed by atoms with E-state index in [4.69, 9.17) is 4.74 Å². The number of ether oxygens (including phenoxy) is 1. The Hall–Kier alpha value is -3.61. The number of hydrogen-bond acceptors (Lipinski definition) is 9. The van der Waals surface area contributed by atoms with Crippen LogP contribution >= 0.6 is 11.3 Å². The fourth-order valence-electron chi connectivity index (χ4n) is 6.26. The lowest BCUT2D eigenvalue weighted by molar-refractivity contribution is -0.128. The van der Waals surface area contributed by atoms with Crippen molar-refractivity contribution < 1.29 is 19.7 Å². The van der Waals surface area contributed by atoms with Crippen molar-refractivity contribution in [3.05, 3.63) is 91.7 Å². The van der Waals surface area contributed by atoms with Crippen LogP contribution in [0.2, 0.25) is 0 Å². The molecule has 2 aliphatic heterocycles. The lowest BCUT2D eigenvalue weighted by Gasteiger charge is -2.47. The molecule has 2 aromatic heterocycles. The minimum atomic E-state index is -0.778. The summed E-state index contributed by atoms with van der Waals surface area (Å²) in [5, 5.41) is 27.5. The Kier molecular flexibility index (Phi) is 9.11. The number of rotatable bonds is 9. The number of phenols is 1. The van der Waals surface area contributed by atoms with Crippen molar-refractivity contribution in [1.29, 1.82) is 0 Å². The summed E-state index contributed by atoms with van der Waals surface area (Å²) in [6.45, 7) is 7.53. The average Bonchev–Trinajstić information content (AvgIpc) is 3.47. The SMILES string of the molecule is Cc1nc(C(=O)N2CCOC3(CCN(Cc4ccc(CCNC[C@H](O)c5ccc(O)c6[nH]c(=O)ccc56)cc4)CC3)C2)cs1. The normalized spacial score (nSPS) is 17.7. The number of nitrogens with zero attached hydrogens (tertiary/aromatic N) is 3. The van der Waals surface area contributed by atoms with E-state index < -0.39 is 6.10 Å². The van der Waals surface area contributed by atoms with Crippen molar-refractivity contribution in [3.63, 3.8) is 0 Å². The maximum Gasteiger partial charge on any atom is 0.273 e. The Labute approximate surface area is 260 Å². The van der Waals surface area contributed by atoms with Crippen molar-refractivity contribution in [3.8, 4) is 5.75 Å². The Morgan fingerprint density at radius 1 is 1.11 bits per heavy atom. The Balaban J connectivity index is 0.944. The first-order valence-electron chi connectivity index (χ1n) is 15.2. The van der Waals surface area contributed by atoms with Crippen molar-refractivity contribution in [2.45, 2.75) is 44.4 Å². The van der Waals surface area contributed by atoms with Crippen LogP contribution in [0.15, 0.2) is 58.7 Å². The largest absolute Gasteiger partial charge is 0.506 e. The minimum Gasteiger partial charge on any atom is -0.506 e. The molecule has 2 saturated heterocycles. The predicted octanol–water partition coefficient (Wildman–Crippen LogP) is 3.37. The zero-order valence-corrected chi connectivity index (χ0v) is 25.7. The number of nitrogens with one attached hydrogen (secondary N) is 2. The number of thiazole rings is 1. The van der Waals surface area contributed by atoms with Crippen molar-refractivity contribution in [2.75, 3.05) is 45.9 Å². The highest BCUT2D eigenvalue weighted by Crippen LogP contribution is 2.32. The van der Waals surface area contributed by atoms with Crippen LogP contribution in [0, 0.1) is 6.92 Å². The van der Waals surface area contributed by atoms with Crippen molar-refractivity contribution >= 4 is 28.1 Å². The van der Waals surface area contributed by atoms with Gasteiger partial charge < -0.3 is 30.2 Å². The fourth-order valence-corrected chi connectivity index (χ4v) is 6.85. The number of aliphatic hydroxyl groups excluding tert-OH is 1. The second-order valence-corrected chi connectivity index (χ2v) is 12.9. The van der Waals surface area contributed by atoms with Gasteiger partial charge in [-0.05, 0) is 61.6 Å². The first kappa shape index (κ1) is 30.4. The summed E-state index contributed by atoms with van der Waals surface area (Å²) in [6.07, 6.45) is 1.86. The molecule has 1 amide bonds. The monoisotopic (exact) mass is 617 g/mol. The summed E-state index contributed by atoms with van der Waals surface area (Å²) >= 11 is 1.51. The second-order valence-electron chi connectivity index (χ2n) is 11.9. The van der Waals surface area contributed by atoms with Gasteiger partial charge in [0.25, 0.3) is 5.91 Å². The molecule has 0 radical (unpaired) electrons. The van der Waals surface area contributed by atoms with Crippen molar-refractivity contribution in [2.24, 2.45) is 0 Å². The van der Waals surface area contributed by atoms with E-state index in [2.05, 4.69) is 44.5 Å². The van der Waals surface area contributed by atoms with Crippen LogP contribution in [0.25, 0.3) is 10.9 Å². The lowest BCUT2D eigenvalue weighted by Crippen LogP contribution is -2.58. The number of morpholine rings is 1. The molecule has 11 heteroatoms. The van der Waals surface area contributed by atoms with Crippen LogP contribution in [-0.2, 0) is 17.7 Å². The lowest BCUT2D eigenvalue weighted by atomic mass is 9.89. The molecule has 2 aromatic carbocycles. The molecule has 0 aliphatic carbocycles. The topological polar surface area (TPSA) is 131 Å². The van der Waals surface area contributed by atoms with Gasteiger partial charge in [-0.15, -0.1) is 11.3 Å². The molecule has 0 unspecified atom stereocenters. The van der Waals surface area contributed by atoms with Gasteiger partial charge in [0.05, 0.1) is 35.4 Å². The second kappa shape index (κ2) is 13.2. The highest BCUT2D eigenvalue weighted by molar-refractivity contribution is 7.09.